The molecule has 31 heavy (non-hydrogen) atoms. The van der Waals surface area contributed by atoms with Crippen molar-refractivity contribution in [2.75, 3.05) is 51.3 Å². The second-order valence-electron chi connectivity index (χ2n) is 8.07. The summed E-state index contributed by atoms with van der Waals surface area (Å²) in [4.78, 5) is 31.8. The highest BCUT2D eigenvalue weighted by Gasteiger charge is 2.37. The Hall–Kier alpha value is -2.94. The summed E-state index contributed by atoms with van der Waals surface area (Å²) in [5.41, 5.74) is 2.64. The predicted molar refractivity (Wildman–Crippen MR) is 113 cm³/mol. The van der Waals surface area contributed by atoms with Crippen molar-refractivity contribution in [2.24, 2.45) is 7.05 Å². The first-order chi connectivity index (χ1) is 15.0. The molecule has 0 aliphatic carbocycles. The van der Waals surface area contributed by atoms with Gasteiger partial charge in [0.15, 0.2) is 0 Å². The zero-order chi connectivity index (χ0) is 22.0. The third kappa shape index (κ3) is 4.56. The van der Waals surface area contributed by atoms with Crippen molar-refractivity contribution in [3.63, 3.8) is 0 Å². The molecule has 1 fully saturated rings. The molecule has 3 heterocycles. The number of nitrogens with zero attached hydrogens (tertiary/aromatic N) is 5. The molecule has 0 bridgehead atoms. The maximum atomic E-state index is 13.4. The molecular weight excluding hydrogens is 401 g/mol. The van der Waals surface area contributed by atoms with Gasteiger partial charge in [-0.25, -0.2) is 4.39 Å². The Morgan fingerprint density at radius 1 is 1.13 bits per heavy atom. The number of carbonyl (C=O) groups excluding carboxylic acids is 2. The van der Waals surface area contributed by atoms with Gasteiger partial charge in [0.2, 0.25) is 11.8 Å². The van der Waals surface area contributed by atoms with Gasteiger partial charge < -0.3 is 19.4 Å². The first-order valence-corrected chi connectivity index (χ1v) is 10.5. The molecule has 1 aromatic heterocycles. The Morgan fingerprint density at radius 2 is 1.84 bits per heavy atom. The average Bonchev–Trinajstić information content (AvgIpc) is 3.17. The Kier molecular flexibility index (Phi) is 6.22. The normalized spacial score (nSPS) is 18.8. The van der Waals surface area contributed by atoms with Crippen LogP contribution in [-0.4, -0.2) is 77.8 Å². The lowest BCUT2D eigenvalue weighted by Gasteiger charge is -2.39. The fourth-order valence-corrected chi connectivity index (χ4v) is 4.34. The molecule has 1 aromatic carbocycles. The number of hydrogen-bond acceptors (Lipinski definition) is 5. The number of methoxy groups -OCH3 is 1. The minimum atomic E-state index is -0.464. The van der Waals surface area contributed by atoms with Crippen LogP contribution < -0.4 is 4.90 Å². The molecular formula is C22H28FN5O3. The number of carbonyl (C=O) groups is 2. The zero-order valence-electron chi connectivity index (χ0n) is 18.0. The van der Waals surface area contributed by atoms with Gasteiger partial charge >= 0.3 is 0 Å². The largest absolute Gasteiger partial charge is 0.384 e. The number of aromatic nitrogens is 2. The fraction of sp³-hybridized carbons (Fsp3) is 0.500. The second-order valence-corrected chi connectivity index (χ2v) is 8.07. The molecule has 9 heteroatoms. The van der Waals surface area contributed by atoms with Gasteiger partial charge in [0.1, 0.15) is 11.7 Å². The van der Waals surface area contributed by atoms with Gasteiger partial charge in [-0.2, -0.15) is 5.10 Å². The van der Waals surface area contributed by atoms with Crippen molar-refractivity contribution in [3.8, 4) is 0 Å². The minimum Gasteiger partial charge on any atom is -0.384 e. The van der Waals surface area contributed by atoms with E-state index in [1.807, 2.05) is 18.1 Å². The van der Waals surface area contributed by atoms with E-state index < -0.39 is 5.92 Å². The maximum Gasteiger partial charge on any atom is 0.233 e. The molecule has 1 saturated heterocycles. The predicted octanol–water partition coefficient (Wildman–Crippen LogP) is 1.37. The summed E-state index contributed by atoms with van der Waals surface area (Å²) >= 11 is 0. The summed E-state index contributed by atoms with van der Waals surface area (Å²) in [6.07, 6.45) is 2.18. The molecule has 2 amide bonds. The van der Waals surface area contributed by atoms with E-state index in [4.69, 9.17) is 4.74 Å². The van der Waals surface area contributed by atoms with Crippen molar-refractivity contribution in [3.05, 3.63) is 47.5 Å². The van der Waals surface area contributed by atoms with E-state index in [1.165, 1.54) is 12.1 Å². The van der Waals surface area contributed by atoms with Gasteiger partial charge in [-0.3, -0.25) is 14.3 Å². The molecule has 2 aromatic rings. The lowest BCUT2D eigenvalue weighted by molar-refractivity contribution is -0.137. The van der Waals surface area contributed by atoms with Crippen LogP contribution in [0.4, 0.5) is 10.1 Å². The van der Waals surface area contributed by atoms with Gasteiger partial charge in [-0.15, -0.1) is 0 Å². The van der Waals surface area contributed by atoms with Crippen molar-refractivity contribution in [1.82, 2.24) is 19.6 Å². The van der Waals surface area contributed by atoms with E-state index in [1.54, 1.807) is 28.8 Å². The number of ether oxygens (including phenoxy) is 1. The van der Waals surface area contributed by atoms with Crippen LogP contribution in [0.1, 0.15) is 23.6 Å². The highest BCUT2D eigenvalue weighted by atomic mass is 19.1. The topological polar surface area (TPSA) is 70.9 Å². The van der Waals surface area contributed by atoms with Crippen molar-refractivity contribution >= 4 is 17.5 Å². The number of fused-ring (bicyclic) bond motifs is 1. The Morgan fingerprint density at radius 3 is 2.52 bits per heavy atom. The van der Waals surface area contributed by atoms with Crippen LogP contribution in [0, 0.1) is 5.82 Å². The van der Waals surface area contributed by atoms with Crippen LogP contribution in [0.2, 0.25) is 0 Å². The van der Waals surface area contributed by atoms with Crippen LogP contribution >= 0.6 is 0 Å². The summed E-state index contributed by atoms with van der Waals surface area (Å²) in [7, 11) is 3.40. The Bertz CT molecular complexity index is 937. The van der Waals surface area contributed by atoms with E-state index in [9.17, 15) is 14.0 Å². The van der Waals surface area contributed by atoms with E-state index in [-0.39, 0.29) is 17.6 Å². The summed E-state index contributed by atoms with van der Waals surface area (Å²) < 4.78 is 19.9. The van der Waals surface area contributed by atoms with Crippen LogP contribution in [0.25, 0.3) is 0 Å². The number of hydrogen-bond donors (Lipinski definition) is 0. The molecule has 1 atom stereocenters. The Balaban J connectivity index is 1.45. The number of halogens is 1. The van der Waals surface area contributed by atoms with E-state index in [0.29, 0.717) is 52.3 Å². The number of benzene rings is 1. The van der Waals surface area contributed by atoms with Gasteiger partial charge in [0, 0.05) is 70.9 Å². The van der Waals surface area contributed by atoms with E-state index >= 15 is 0 Å². The maximum absolute atomic E-state index is 13.4. The highest BCUT2D eigenvalue weighted by Crippen LogP contribution is 2.30. The van der Waals surface area contributed by atoms with E-state index in [2.05, 4.69) is 10.00 Å². The van der Waals surface area contributed by atoms with Crippen LogP contribution in [0.15, 0.2) is 30.5 Å². The molecule has 0 spiro atoms. The highest BCUT2D eigenvalue weighted by molar-refractivity contribution is 5.86. The van der Waals surface area contributed by atoms with Gasteiger partial charge in [-0.1, -0.05) is 0 Å². The summed E-state index contributed by atoms with van der Waals surface area (Å²) in [6, 6.07) is 6.43. The molecule has 0 radical (unpaired) electrons. The van der Waals surface area contributed by atoms with Gasteiger partial charge in [0.25, 0.3) is 0 Å². The minimum absolute atomic E-state index is 0.00273. The Labute approximate surface area is 181 Å². The monoisotopic (exact) mass is 429 g/mol. The van der Waals surface area contributed by atoms with Crippen LogP contribution in [0.5, 0.6) is 0 Å². The van der Waals surface area contributed by atoms with Crippen molar-refractivity contribution in [2.45, 2.75) is 18.9 Å². The lowest BCUT2D eigenvalue weighted by Crippen LogP contribution is -2.52. The molecule has 2 aliphatic rings. The molecule has 8 nitrogen and oxygen atoms in total. The second kappa shape index (κ2) is 9.05. The first kappa shape index (κ1) is 21.3. The smallest absolute Gasteiger partial charge is 0.233 e. The molecule has 0 saturated carbocycles. The molecule has 0 unspecified atom stereocenters. The van der Waals surface area contributed by atoms with Crippen LogP contribution in [-0.2, 0) is 27.9 Å². The van der Waals surface area contributed by atoms with Gasteiger partial charge in [0.05, 0.1) is 18.7 Å². The fourth-order valence-electron chi connectivity index (χ4n) is 4.34. The number of amides is 2. The zero-order valence-corrected chi connectivity index (χ0v) is 18.0. The molecule has 4 rings (SSSR count). The summed E-state index contributed by atoms with van der Waals surface area (Å²) in [5, 5.41) is 4.54. The van der Waals surface area contributed by atoms with E-state index in [0.717, 1.165) is 16.9 Å². The summed E-state index contributed by atoms with van der Waals surface area (Å²) in [5.74, 6) is -0.738. The molecule has 2 aliphatic heterocycles. The van der Waals surface area contributed by atoms with Gasteiger partial charge in [-0.05, 0) is 24.3 Å². The molecule has 0 N–H and O–H groups in total. The number of piperazine rings is 1. The lowest BCUT2D eigenvalue weighted by atomic mass is 9.94. The van der Waals surface area contributed by atoms with Crippen molar-refractivity contribution < 1.29 is 18.7 Å². The number of aryl methyl sites for hydroxylation is 1. The third-order valence-electron chi connectivity index (χ3n) is 5.99. The average molecular weight is 429 g/mol. The number of anilines is 1. The van der Waals surface area contributed by atoms with Crippen LogP contribution in [0.3, 0.4) is 0 Å². The quantitative estimate of drug-likeness (QED) is 0.718. The first-order valence-electron chi connectivity index (χ1n) is 10.5. The van der Waals surface area contributed by atoms with Crippen molar-refractivity contribution in [1.29, 1.82) is 0 Å². The SMILES string of the molecule is COCCC(=O)N1Cc2cn(C)nc2[C@@H](C(=O)N2CCN(c3ccc(F)cc3)CC2)C1. The number of rotatable bonds is 5. The standard InChI is InChI=1S/C22H28FN5O3/c1-25-13-16-14-28(20(29)7-12-31-2)15-19(21(16)24-25)22(30)27-10-8-26(9-11-27)18-5-3-17(23)4-6-18/h3-6,13,19H,7-12,14-15H2,1-2H3/t19-/m0/s1. The third-order valence-corrected chi connectivity index (χ3v) is 5.99. The summed E-state index contributed by atoms with van der Waals surface area (Å²) in [6.45, 7) is 3.67. The molecule has 166 valence electrons.